The molecule has 0 radical (unpaired) electrons. The van der Waals surface area contributed by atoms with Gasteiger partial charge in [0.25, 0.3) is 0 Å². The largest absolute Gasteiger partial charge is 0.298 e. The average molecular weight is 393 g/mol. The van der Waals surface area contributed by atoms with Crippen molar-refractivity contribution in [2.45, 2.75) is 0 Å². The molecular weight excluding hydrogens is 388 g/mol. The number of aldehydes is 1. The lowest BCUT2D eigenvalue weighted by Crippen LogP contribution is -1.83. The van der Waals surface area contributed by atoms with E-state index in [0.717, 1.165) is 30.5 Å². The van der Waals surface area contributed by atoms with Gasteiger partial charge in [-0.25, -0.2) is 0 Å². The van der Waals surface area contributed by atoms with Crippen LogP contribution in [0.4, 0.5) is 0 Å². The van der Waals surface area contributed by atoms with E-state index in [2.05, 4.69) is 47.8 Å². The van der Waals surface area contributed by atoms with Crippen LogP contribution in [0.5, 0.6) is 0 Å². The topological polar surface area (TPSA) is 17.1 Å². The summed E-state index contributed by atoms with van der Waals surface area (Å²) >= 11 is 10.3. The number of rotatable bonds is 1. The minimum Gasteiger partial charge on any atom is -0.298 e. The monoisotopic (exact) mass is 390 g/mol. The highest BCUT2D eigenvalue weighted by atomic mass is 79.9. The highest BCUT2D eigenvalue weighted by Gasteiger charge is 2.05. The standard InChI is InChI=1S/C11H5Br3O/c12-9-2-6(5-15)1-7-3-10(13)11(14)4-8(7)9/h1-5H. The second-order valence-electron chi connectivity index (χ2n) is 3.11. The van der Waals surface area contributed by atoms with Gasteiger partial charge in [0.1, 0.15) is 6.29 Å². The van der Waals surface area contributed by atoms with Gasteiger partial charge in [0.15, 0.2) is 0 Å². The Balaban J connectivity index is 2.85. The zero-order valence-electron chi connectivity index (χ0n) is 7.43. The maximum Gasteiger partial charge on any atom is 0.150 e. The van der Waals surface area contributed by atoms with Gasteiger partial charge in [-0.05, 0) is 66.9 Å². The van der Waals surface area contributed by atoms with Gasteiger partial charge in [0.2, 0.25) is 0 Å². The van der Waals surface area contributed by atoms with Gasteiger partial charge in [0.05, 0.1) is 0 Å². The first-order valence-electron chi connectivity index (χ1n) is 4.15. The number of fused-ring (bicyclic) bond motifs is 1. The van der Waals surface area contributed by atoms with Gasteiger partial charge < -0.3 is 0 Å². The summed E-state index contributed by atoms with van der Waals surface area (Å²) in [4.78, 5) is 10.7. The molecule has 0 N–H and O–H groups in total. The van der Waals surface area contributed by atoms with Crippen molar-refractivity contribution in [2.24, 2.45) is 0 Å². The molecule has 0 saturated carbocycles. The number of halogens is 3. The molecule has 2 rings (SSSR count). The maximum atomic E-state index is 10.7. The van der Waals surface area contributed by atoms with E-state index in [0.29, 0.717) is 5.56 Å². The predicted molar refractivity (Wildman–Crippen MR) is 72.4 cm³/mol. The SMILES string of the molecule is O=Cc1cc(Br)c2cc(Br)c(Br)cc2c1. The van der Waals surface area contributed by atoms with Gasteiger partial charge in [-0.2, -0.15) is 0 Å². The first-order valence-corrected chi connectivity index (χ1v) is 6.53. The Hall–Kier alpha value is -0.190. The van der Waals surface area contributed by atoms with E-state index < -0.39 is 0 Å². The normalized spacial score (nSPS) is 10.6. The van der Waals surface area contributed by atoms with Gasteiger partial charge in [-0.3, -0.25) is 4.79 Å². The third kappa shape index (κ3) is 2.17. The summed E-state index contributed by atoms with van der Waals surface area (Å²) in [6.07, 6.45) is 0.847. The Bertz CT molecular complexity index is 549. The molecule has 0 atom stereocenters. The van der Waals surface area contributed by atoms with E-state index in [1.54, 1.807) is 0 Å². The molecule has 2 aromatic rings. The van der Waals surface area contributed by atoms with Crippen LogP contribution < -0.4 is 0 Å². The summed E-state index contributed by atoms with van der Waals surface area (Å²) in [7, 11) is 0. The van der Waals surface area contributed by atoms with Crippen LogP contribution in [0.25, 0.3) is 10.8 Å². The molecule has 0 bridgehead atoms. The number of carbonyl (C=O) groups is 1. The average Bonchev–Trinajstić information content (AvgIpc) is 2.21. The molecule has 0 aliphatic heterocycles. The summed E-state index contributed by atoms with van der Waals surface area (Å²) in [6.45, 7) is 0. The number of carbonyl (C=O) groups excluding carboxylic acids is 1. The van der Waals surface area contributed by atoms with Crippen molar-refractivity contribution < 1.29 is 4.79 Å². The van der Waals surface area contributed by atoms with E-state index >= 15 is 0 Å². The highest BCUT2D eigenvalue weighted by Crippen LogP contribution is 2.33. The Morgan fingerprint density at radius 3 is 2.20 bits per heavy atom. The first-order chi connectivity index (χ1) is 7.11. The van der Waals surface area contributed by atoms with Crippen LogP contribution >= 0.6 is 47.8 Å². The van der Waals surface area contributed by atoms with Crippen LogP contribution in [0.2, 0.25) is 0 Å². The Morgan fingerprint density at radius 2 is 1.53 bits per heavy atom. The quantitative estimate of drug-likeness (QED) is 0.628. The van der Waals surface area contributed by atoms with E-state index in [9.17, 15) is 4.79 Å². The van der Waals surface area contributed by atoms with Crippen LogP contribution in [0.1, 0.15) is 10.4 Å². The van der Waals surface area contributed by atoms with Crippen LogP contribution in [0.3, 0.4) is 0 Å². The number of benzene rings is 2. The van der Waals surface area contributed by atoms with Gasteiger partial charge in [0, 0.05) is 19.0 Å². The van der Waals surface area contributed by atoms with Crippen LogP contribution in [0.15, 0.2) is 37.7 Å². The van der Waals surface area contributed by atoms with E-state index in [-0.39, 0.29) is 0 Å². The highest BCUT2D eigenvalue weighted by molar-refractivity contribution is 9.13. The third-order valence-corrected chi connectivity index (χ3v) is 4.60. The maximum absolute atomic E-state index is 10.7. The van der Waals surface area contributed by atoms with Gasteiger partial charge in [-0.1, -0.05) is 15.9 Å². The first kappa shape index (κ1) is 11.3. The van der Waals surface area contributed by atoms with Gasteiger partial charge in [-0.15, -0.1) is 0 Å². The van der Waals surface area contributed by atoms with E-state index in [1.807, 2.05) is 24.3 Å². The molecule has 0 fully saturated rings. The minimum absolute atomic E-state index is 0.670. The Labute approximate surface area is 112 Å². The summed E-state index contributed by atoms with van der Waals surface area (Å²) in [5, 5.41) is 2.11. The number of hydrogen-bond acceptors (Lipinski definition) is 1. The lowest BCUT2D eigenvalue weighted by Gasteiger charge is -2.04. The molecule has 4 heteroatoms. The molecule has 76 valence electrons. The van der Waals surface area contributed by atoms with Gasteiger partial charge >= 0.3 is 0 Å². The molecule has 0 heterocycles. The molecule has 0 saturated heterocycles. The van der Waals surface area contributed by atoms with Crippen molar-refractivity contribution in [1.29, 1.82) is 0 Å². The molecule has 15 heavy (non-hydrogen) atoms. The molecule has 2 aromatic carbocycles. The molecule has 0 spiro atoms. The lowest BCUT2D eigenvalue weighted by molar-refractivity contribution is 0.112. The molecular formula is C11H5Br3O. The fraction of sp³-hybridized carbons (Fsp3) is 0. The fourth-order valence-electron chi connectivity index (χ4n) is 1.40. The zero-order chi connectivity index (χ0) is 11.0. The smallest absolute Gasteiger partial charge is 0.150 e. The Morgan fingerprint density at radius 1 is 0.867 bits per heavy atom. The summed E-state index contributed by atoms with van der Waals surface area (Å²) in [5.74, 6) is 0. The molecule has 0 aliphatic rings. The summed E-state index contributed by atoms with van der Waals surface area (Å²) in [5.41, 5.74) is 0.670. The van der Waals surface area contributed by atoms with Crippen LogP contribution in [-0.2, 0) is 0 Å². The predicted octanol–water partition coefficient (Wildman–Crippen LogP) is 4.94. The molecule has 0 amide bonds. The third-order valence-electron chi connectivity index (χ3n) is 2.10. The van der Waals surface area contributed by atoms with Crippen molar-refractivity contribution in [2.75, 3.05) is 0 Å². The van der Waals surface area contributed by atoms with Crippen molar-refractivity contribution in [3.8, 4) is 0 Å². The fourth-order valence-corrected chi connectivity index (χ4v) is 2.71. The molecule has 0 unspecified atom stereocenters. The number of hydrogen-bond donors (Lipinski definition) is 0. The summed E-state index contributed by atoms with van der Waals surface area (Å²) in [6, 6.07) is 7.68. The van der Waals surface area contributed by atoms with E-state index in [4.69, 9.17) is 0 Å². The van der Waals surface area contributed by atoms with Crippen LogP contribution in [0, 0.1) is 0 Å². The second-order valence-corrected chi connectivity index (χ2v) is 5.67. The van der Waals surface area contributed by atoms with Crippen molar-refractivity contribution in [1.82, 2.24) is 0 Å². The van der Waals surface area contributed by atoms with Crippen molar-refractivity contribution in [3.63, 3.8) is 0 Å². The minimum atomic E-state index is 0.670. The van der Waals surface area contributed by atoms with Crippen LogP contribution in [-0.4, -0.2) is 6.29 Å². The van der Waals surface area contributed by atoms with Crippen molar-refractivity contribution >= 4 is 64.8 Å². The lowest BCUT2D eigenvalue weighted by atomic mass is 10.1. The second kappa shape index (κ2) is 4.36. The molecule has 1 nitrogen and oxygen atoms in total. The van der Waals surface area contributed by atoms with E-state index in [1.165, 1.54) is 0 Å². The summed E-state index contributed by atoms with van der Waals surface area (Å²) < 4.78 is 2.90. The Kier molecular flexibility index (Phi) is 3.28. The molecule has 0 aromatic heterocycles. The molecule has 0 aliphatic carbocycles. The zero-order valence-corrected chi connectivity index (χ0v) is 12.2. The van der Waals surface area contributed by atoms with Crippen molar-refractivity contribution in [3.05, 3.63) is 43.2 Å².